The van der Waals surface area contributed by atoms with Crippen LogP contribution in [0.25, 0.3) is 0 Å². The first-order chi connectivity index (χ1) is 14.2. The Labute approximate surface area is 166 Å². The summed E-state index contributed by atoms with van der Waals surface area (Å²) in [6.07, 6.45) is 7.09. The molecule has 0 spiro atoms. The Kier molecular flexibility index (Phi) is 4.45. The molecule has 0 aliphatic carbocycles. The van der Waals surface area contributed by atoms with Gasteiger partial charge in [-0.05, 0) is 35.4 Å². The van der Waals surface area contributed by atoms with E-state index in [-0.39, 0.29) is 11.2 Å². The van der Waals surface area contributed by atoms with Crippen LogP contribution in [0.5, 0.6) is 0 Å². The summed E-state index contributed by atoms with van der Waals surface area (Å²) in [5.41, 5.74) is 2.26. The molecule has 0 fully saturated rings. The molecule has 0 amide bonds. The molecule has 9 nitrogen and oxygen atoms in total. The second-order valence-electron chi connectivity index (χ2n) is 7.48. The minimum absolute atomic E-state index is 0.298. The van der Waals surface area contributed by atoms with Crippen LogP contribution in [0.4, 0.5) is 5.82 Å². The highest BCUT2D eigenvalue weighted by Gasteiger charge is 2.33. The average Bonchev–Trinajstić information content (AvgIpc) is 2.73. The zero-order valence-electron chi connectivity index (χ0n) is 15.9. The third-order valence-electron chi connectivity index (χ3n) is 5.34. The first-order valence-corrected chi connectivity index (χ1v) is 9.51. The monoisotopic (exact) mass is 391 g/mol. The van der Waals surface area contributed by atoms with Crippen LogP contribution in [0, 0.1) is 0 Å². The molecule has 3 aromatic rings. The molecule has 0 atom stereocenters. The summed E-state index contributed by atoms with van der Waals surface area (Å²) in [4.78, 5) is 42.2. The van der Waals surface area contributed by atoms with Gasteiger partial charge in [0, 0.05) is 44.4 Å². The van der Waals surface area contributed by atoms with Gasteiger partial charge in [0.2, 0.25) is 0 Å². The normalized spacial score (nSPS) is 16.6. The van der Waals surface area contributed by atoms with Gasteiger partial charge < -0.3 is 4.90 Å². The Balaban J connectivity index is 1.47. The van der Waals surface area contributed by atoms with E-state index in [0.29, 0.717) is 45.2 Å². The van der Waals surface area contributed by atoms with E-state index in [1.165, 1.54) is 0 Å². The van der Waals surface area contributed by atoms with E-state index in [2.05, 4.69) is 29.7 Å². The largest absolute Gasteiger partial charge is 0.331 e. The molecule has 0 bridgehead atoms. The van der Waals surface area contributed by atoms with Crippen molar-refractivity contribution in [2.24, 2.45) is 0 Å². The van der Waals surface area contributed by atoms with Crippen molar-refractivity contribution in [1.29, 1.82) is 0 Å². The molecular formula is C20H21N7O2. The van der Waals surface area contributed by atoms with Gasteiger partial charge in [-0.3, -0.25) is 34.1 Å². The van der Waals surface area contributed by atoms with E-state index in [0.717, 1.165) is 16.9 Å². The van der Waals surface area contributed by atoms with E-state index >= 15 is 0 Å². The van der Waals surface area contributed by atoms with E-state index < -0.39 is 0 Å². The number of nitrogens with one attached hydrogen (secondary N) is 1. The third kappa shape index (κ3) is 3.45. The Morgan fingerprint density at radius 2 is 1.41 bits per heavy atom. The van der Waals surface area contributed by atoms with Crippen LogP contribution in [0.2, 0.25) is 0 Å². The highest BCUT2D eigenvalue weighted by Crippen LogP contribution is 2.28. The summed E-state index contributed by atoms with van der Waals surface area (Å²) in [6, 6.07) is 7.91. The molecule has 0 saturated heterocycles. The predicted molar refractivity (Wildman–Crippen MR) is 107 cm³/mol. The molecule has 5 heterocycles. The van der Waals surface area contributed by atoms with Gasteiger partial charge in [-0.2, -0.15) is 0 Å². The van der Waals surface area contributed by atoms with E-state index in [9.17, 15) is 9.59 Å². The standard InChI is InChI=1S/C20H21N7O2/c28-18-17-11-24(9-15-1-5-21-6-2-15)12-26-13-25(10-16-3-7-22-8-4-16)14-27(19(17)26)20(29)23-18/h1-8H,9-14H2,(H,23,28,29). The van der Waals surface area contributed by atoms with Gasteiger partial charge in [0.05, 0.1) is 25.6 Å². The molecule has 148 valence electrons. The van der Waals surface area contributed by atoms with Crippen molar-refractivity contribution in [3.05, 3.63) is 86.6 Å². The van der Waals surface area contributed by atoms with Crippen LogP contribution in [0.3, 0.4) is 0 Å². The molecule has 2 aliphatic heterocycles. The summed E-state index contributed by atoms with van der Waals surface area (Å²) in [5.74, 6) is 0.746. The molecule has 0 unspecified atom stereocenters. The van der Waals surface area contributed by atoms with Crippen LogP contribution in [0.1, 0.15) is 16.7 Å². The predicted octanol–water partition coefficient (Wildman–Crippen LogP) is 0.537. The van der Waals surface area contributed by atoms with Crippen LogP contribution in [-0.2, 0) is 26.3 Å². The fraction of sp³-hybridized carbons (Fsp3) is 0.300. The zero-order chi connectivity index (χ0) is 19.8. The molecule has 9 heteroatoms. The van der Waals surface area contributed by atoms with Crippen LogP contribution >= 0.6 is 0 Å². The summed E-state index contributed by atoms with van der Waals surface area (Å²) < 4.78 is 1.67. The van der Waals surface area contributed by atoms with Crippen molar-refractivity contribution in [3.8, 4) is 0 Å². The van der Waals surface area contributed by atoms with Gasteiger partial charge in [0.15, 0.2) is 0 Å². The topological polar surface area (TPSA) is 90.4 Å². The SMILES string of the molecule is O=c1[nH]c(=O)n2c3c1CN(Cc1ccncc1)CN3CN(Cc1ccncc1)C2. The van der Waals surface area contributed by atoms with Gasteiger partial charge in [0.25, 0.3) is 5.56 Å². The lowest BCUT2D eigenvalue weighted by Crippen LogP contribution is -2.56. The van der Waals surface area contributed by atoms with E-state index in [1.54, 1.807) is 29.4 Å². The van der Waals surface area contributed by atoms with Crippen molar-refractivity contribution in [2.75, 3.05) is 18.2 Å². The molecule has 0 aromatic carbocycles. The number of aromatic amines is 1. The lowest BCUT2D eigenvalue weighted by molar-refractivity contribution is 0.145. The van der Waals surface area contributed by atoms with Gasteiger partial charge in [-0.1, -0.05) is 0 Å². The van der Waals surface area contributed by atoms with Crippen LogP contribution in [0.15, 0.2) is 58.6 Å². The number of pyridine rings is 2. The second kappa shape index (κ2) is 7.26. The van der Waals surface area contributed by atoms with Crippen molar-refractivity contribution in [2.45, 2.75) is 26.3 Å². The number of H-pyrrole nitrogens is 1. The Hall–Kier alpha value is -3.30. The fourth-order valence-corrected chi connectivity index (χ4v) is 4.11. The van der Waals surface area contributed by atoms with E-state index in [4.69, 9.17) is 0 Å². The molecule has 0 radical (unpaired) electrons. The molecule has 5 rings (SSSR count). The molecule has 0 saturated carbocycles. The molecule has 1 N–H and O–H groups in total. The minimum Gasteiger partial charge on any atom is -0.331 e. The minimum atomic E-state index is -0.360. The Morgan fingerprint density at radius 1 is 0.828 bits per heavy atom. The molecular weight excluding hydrogens is 370 g/mol. The lowest BCUT2D eigenvalue weighted by atomic mass is 10.1. The van der Waals surface area contributed by atoms with Crippen LogP contribution in [-0.4, -0.2) is 42.7 Å². The summed E-state index contributed by atoms with van der Waals surface area (Å²) in [6.45, 7) is 3.65. The van der Waals surface area contributed by atoms with Gasteiger partial charge in [0.1, 0.15) is 5.82 Å². The van der Waals surface area contributed by atoms with Crippen molar-refractivity contribution < 1.29 is 0 Å². The van der Waals surface area contributed by atoms with Crippen LogP contribution < -0.4 is 16.1 Å². The number of hydrogen-bond donors (Lipinski definition) is 1. The average molecular weight is 391 g/mol. The third-order valence-corrected chi connectivity index (χ3v) is 5.34. The maximum atomic E-state index is 12.5. The summed E-state index contributed by atoms with van der Waals surface area (Å²) >= 11 is 0. The second-order valence-corrected chi connectivity index (χ2v) is 7.48. The Morgan fingerprint density at radius 3 is 2.07 bits per heavy atom. The van der Waals surface area contributed by atoms with Crippen molar-refractivity contribution >= 4 is 5.82 Å². The first kappa shape index (κ1) is 17.8. The maximum absolute atomic E-state index is 12.5. The number of aromatic nitrogens is 4. The van der Waals surface area contributed by atoms with Crippen molar-refractivity contribution in [1.82, 2.24) is 29.3 Å². The fourth-order valence-electron chi connectivity index (χ4n) is 4.11. The first-order valence-electron chi connectivity index (χ1n) is 9.51. The Bertz CT molecular complexity index is 1040. The zero-order valence-corrected chi connectivity index (χ0v) is 15.9. The number of nitrogens with zero attached hydrogens (tertiary/aromatic N) is 6. The van der Waals surface area contributed by atoms with Gasteiger partial charge in [-0.15, -0.1) is 0 Å². The van der Waals surface area contributed by atoms with Crippen molar-refractivity contribution in [3.63, 3.8) is 0 Å². The van der Waals surface area contributed by atoms with Gasteiger partial charge >= 0.3 is 5.69 Å². The highest BCUT2D eigenvalue weighted by molar-refractivity contribution is 5.49. The quantitative estimate of drug-likeness (QED) is 0.694. The van der Waals surface area contributed by atoms with E-state index in [1.807, 2.05) is 24.3 Å². The molecule has 2 aliphatic rings. The highest BCUT2D eigenvalue weighted by atomic mass is 16.2. The molecule has 3 aromatic heterocycles. The summed E-state index contributed by atoms with van der Waals surface area (Å²) in [5, 5.41) is 0. The maximum Gasteiger partial charge on any atom is 0.331 e. The summed E-state index contributed by atoms with van der Waals surface area (Å²) in [7, 11) is 0. The number of anilines is 1. The number of rotatable bonds is 4. The number of hydrogen-bond acceptors (Lipinski definition) is 7. The molecule has 29 heavy (non-hydrogen) atoms. The van der Waals surface area contributed by atoms with Gasteiger partial charge in [-0.25, -0.2) is 4.79 Å². The lowest BCUT2D eigenvalue weighted by Gasteiger charge is -2.45. The smallest absolute Gasteiger partial charge is 0.331 e.